The molecule has 0 radical (unpaired) electrons. The van der Waals surface area contributed by atoms with Crippen LogP contribution in [0.5, 0.6) is 0 Å². The summed E-state index contributed by atoms with van der Waals surface area (Å²) in [7, 11) is 0. The molecule has 0 N–H and O–H groups in total. The van der Waals surface area contributed by atoms with Crippen molar-refractivity contribution < 1.29 is 19.1 Å². The van der Waals surface area contributed by atoms with Gasteiger partial charge in [-0.3, -0.25) is 9.59 Å². The van der Waals surface area contributed by atoms with Gasteiger partial charge in [-0.2, -0.15) is 0 Å². The van der Waals surface area contributed by atoms with Crippen LogP contribution in [0.3, 0.4) is 0 Å². The average Bonchev–Trinajstić information content (AvgIpc) is 2.67. The lowest BCUT2D eigenvalue weighted by Gasteiger charge is -2.20. The van der Waals surface area contributed by atoms with E-state index in [1.54, 1.807) is 0 Å². The Bertz CT molecular complexity index is 361. The number of unbranched alkanes of at least 4 members (excludes halogenated alkanes) is 8. The van der Waals surface area contributed by atoms with E-state index in [9.17, 15) is 9.59 Å². The summed E-state index contributed by atoms with van der Waals surface area (Å²) in [6.07, 6.45) is 17.6. The molecule has 1 rings (SSSR count). The SMILES string of the molecule is CCCCCCCCCCCOC(=O)CCC(=O)OCC1CCCCC1. The van der Waals surface area contributed by atoms with E-state index < -0.39 is 0 Å². The van der Waals surface area contributed by atoms with Gasteiger partial charge in [0.15, 0.2) is 0 Å². The zero-order chi connectivity index (χ0) is 18.9. The lowest BCUT2D eigenvalue weighted by molar-refractivity contribution is -0.151. The van der Waals surface area contributed by atoms with E-state index in [1.165, 1.54) is 64.2 Å². The first-order valence-corrected chi connectivity index (χ1v) is 11.0. The van der Waals surface area contributed by atoms with Gasteiger partial charge in [0.2, 0.25) is 0 Å². The maximum atomic E-state index is 11.7. The van der Waals surface area contributed by atoms with Gasteiger partial charge in [-0.1, -0.05) is 77.6 Å². The van der Waals surface area contributed by atoms with Crippen molar-refractivity contribution >= 4 is 11.9 Å². The average molecular weight is 369 g/mol. The van der Waals surface area contributed by atoms with Gasteiger partial charge in [0, 0.05) is 0 Å². The van der Waals surface area contributed by atoms with Crippen molar-refractivity contribution in [2.45, 2.75) is 110 Å². The second kappa shape index (κ2) is 16.1. The topological polar surface area (TPSA) is 52.6 Å². The fourth-order valence-corrected chi connectivity index (χ4v) is 3.51. The number of carbonyl (C=O) groups excluding carboxylic acids is 2. The molecule has 0 heterocycles. The van der Waals surface area contributed by atoms with Gasteiger partial charge in [-0.25, -0.2) is 0 Å². The van der Waals surface area contributed by atoms with E-state index in [0.29, 0.717) is 19.1 Å². The highest BCUT2D eigenvalue weighted by Crippen LogP contribution is 2.23. The molecule has 1 aliphatic rings. The minimum atomic E-state index is -0.279. The molecule has 4 nitrogen and oxygen atoms in total. The smallest absolute Gasteiger partial charge is 0.306 e. The van der Waals surface area contributed by atoms with E-state index in [-0.39, 0.29) is 24.8 Å². The molecule has 0 amide bonds. The molecule has 0 aromatic heterocycles. The molecule has 26 heavy (non-hydrogen) atoms. The summed E-state index contributed by atoms with van der Waals surface area (Å²) in [5.74, 6) is -0.0268. The van der Waals surface area contributed by atoms with Crippen LogP contribution in [-0.2, 0) is 19.1 Å². The maximum absolute atomic E-state index is 11.7. The predicted octanol–water partition coefficient (Wildman–Crippen LogP) is 5.96. The number of hydrogen-bond acceptors (Lipinski definition) is 4. The zero-order valence-corrected chi connectivity index (χ0v) is 16.9. The highest BCUT2D eigenvalue weighted by Gasteiger charge is 2.16. The summed E-state index contributed by atoms with van der Waals surface area (Å²) < 4.78 is 10.5. The van der Waals surface area contributed by atoms with Gasteiger partial charge in [-0.15, -0.1) is 0 Å². The third-order valence-electron chi connectivity index (χ3n) is 5.25. The van der Waals surface area contributed by atoms with E-state index in [4.69, 9.17) is 9.47 Å². The second-order valence-corrected chi connectivity index (χ2v) is 7.74. The van der Waals surface area contributed by atoms with E-state index in [2.05, 4.69) is 6.92 Å². The molecule has 1 fully saturated rings. The van der Waals surface area contributed by atoms with Crippen molar-refractivity contribution in [3.8, 4) is 0 Å². The molecule has 0 aromatic carbocycles. The van der Waals surface area contributed by atoms with Crippen LogP contribution >= 0.6 is 0 Å². The Balaban J connectivity index is 1.86. The standard InChI is InChI=1S/C22H40O4/c1-2-3-4-5-6-7-8-9-13-18-25-21(23)16-17-22(24)26-19-20-14-11-10-12-15-20/h20H,2-19H2,1H3. The predicted molar refractivity (Wildman–Crippen MR) is 105 cm³/mol. The summed E-state index contributed by atoms with van der Waals surface area (Å²) in [6, 6.07) is 0. The molecule has 1 aliphatic carbocycles. The molecule has 4 heteroatoms. The summed E-state index contributed by atoms with van der Waals surface area (Å²) in [5.41, 5.74) is 0. The molecule has 0 atom stereocenters. The third kappa shape index (κ3) is 13.2. The van der Waals surface area contributed by atoms with Crippen LogP contribution < -0.4 is 0 Å². The number of rotatable bonds is 15. The number of hydrogen-bond donors (Lipinski definition) is 0. The van der Waals surface area contributed by atoms with E-state index >= 15 is 0 Å². The molecule has 1 saturated carbocycles. The minimum absolute atomic E-state index is 0.140. The summed E-state index contributed by atoms with van der Waals surface area (Å²) in [5, 5.41) is 0. The van der Waals surface area contributed by atoms with E-state index in [1.807, 2.05) is 0 Å². The summed E-state index contributed by atoms with van der Waals surface area (Å²) in [4.78, 5) is 23.4. The first kappa shape index (κ1) is 23.0. The first-order valence-electron chi connectivity index (χ1n) is 11.0. The molecule has 0 aliphatic heterocycles. The largest absolute Gasteiger partial charge is 0.466 e. The zero-order valence-electron chi connectivity index (χ0n) is 16.9. The van der Waals surface area contributed by atoms with Gasteiger partial charge in [0.25, 0.3) is 0 Å². The third-order valence-corrected chi connectivity index (χ3v) is 5.25. The van der Waals surface area contributed by atoms with Gasteiger partial charge < -0.3 is 9.47 Å². The number of ether oxygens (including phenoxy) is 2. The fourth-order valence-electron chi connectivity index (χ4n) is 3.51. The molecule has 0 aromatic rings. The number of esters is 2. The fraction of sp³-hybridized carbons (Fsp3) is 0.909. The molecule has 0 saturated heterocycles. The Kier molecular flexibility index (Phi) is 14.3. The molecular weight excluding hydrogens is 328 g/mol. The van der Waals surface area contributed by atoms with Crippen LogP contribution in [0.1, 0.15) is 110 Å². The van der Waals surface area contributed by atoms with Gasteiger partial charge in [0.1, 0.15) is 0 Å². The monoisotopic (exact) mass is 368 g/mol. The molecule has 0 unspecified atom stereocenters. The van der Waals surface area contributed by atoms with Gasteiger partial charge >= 0.3 is 11.9 Å². The van der Waals surface area contributed by atoms with Crippen molar-refractivity contribution in [1.29, 1.82) is 0 Å². The minimum Gasteiger partial charge on any atom is -0.466 e. The van der Waals surface area contributed by atoms with Crippen LogP contribution in [0.25, 0.3) is 0 Å². The molecule has 0 spiro atoms. The highest BCUT2D eigenvalue weighted by atomic mass is 16.5. The molecule has 152 valence electrons. The number of carbonyl (C=O) groups is 2. The van der Waals surface area contributed by atoms with Crippen molar-refractivity contribution in [3.05, 3.63) is 0 Å². The van der Waals surface area contributed by atoms with Crippen LogP contribution in [0.2, 0.25) is 0 Å². The van der Waals surface area contributed by atoms with E-state index in [0.717, 1.165) is 25.7 Å². The van der Waals surface area contributed by atoms with Gasteiger partial charge in [0.05, 0.1) is 26.1 Å². The lowest BCUT2D eigenvalue weighted by Crippen LogP contribution is -2.17. The first-order chi connectivity index (χ1) is 12.7. The quantitative estimate of drug-likeness (QED) is 0.264. The molecule has 0 bridgehead atoms. The van der Waals surface area contributed by atoms with Crippen molar-refractivity contribution in [2.75, 3.05) is 13.2 Å². The van der Waals surface area contributed by atoms with Crippen LogP contribution in [0.4, 0.5) is 0 Å². The van der Waals surface area contributed by atoms with Crippen LogP contribution in [-0.4, -0.2) is 25.2 Å². The Morgan fingerprint density at radius 1 is 0.731 bits per heavy atom. The second-order valence-electron chi connectivity index (χ2n) is 7.74. The Labute approximate surface area is 160 Å². The maximum Gasteiger partial charge on any atom is 0.306 e. The van der Waals surface area contributed by atoms with Crippen molar-refractivity contribution in [1.82, 2.24) is 0 Å². The van der Waals surface area contributed by atoms with Crippen molar-refractivity contribution in [2.24, 2.45) is 5.92 Å². The van der Waals surface area contributed by atoms with Gasteiger partial charge in [-0.05, 0) is 25.2 Å². The van der Waals surface area contributed by atoms with Crippen LogP contribution in [0, 0.1) is 5.92 Å². The highest BCUT2D eigenvalue weighted by molar-refractivity contribution is 5.77. The molecular formula is C22H40O4. The van der Waals surface area contributed by atoms with Crippen LogP contribution in [0.15, 0.2) is 0 Å². The van der Waals surface area contributed by atoms with Crippen molar-refractivity contribution in [3.63, 3.8) is 0 Å². The normalized spacial score (nSPS) is 15.0. The Morgan fingerprint density at radius 3 is 1.88 bits per heavy atom. The Hall–Kier alpha value is -1.06. The summed E-state index contributed by atoms with van der Waals surface area (Å²) in [6.45, 7) is 3.24. The summed E-state index contributed by atoms with van der Waals surface area (Å²) >= 11 is 0. The Morgan fingerprint density at radius 2 is 1.27 bits per heavy atom. The lowest BCUT2D eigenvalue weighted by atomic mass is 9.90.